The summed E-state index contributed by atoms with van der Waals surface area (Å²) in [6, 6.07) is 17.0. The van der Waals surface area contributed by atoms with Crippen molar-refractivity contribution < 1.29 is 9.13 Å². The van der Waals surface area contributed by atoms with Crippen molar-refractivity contribution in [2.45, 2.75) is 12.3 Å². The molecular weight excluding hydrogens is 267 g/mol. The van der Waals surface area contributed by atoms with Gasteiger partial charge in [-0.25, -0.2) is 4.39 Å². The Labute approximate surface area is 122 Å². The zero-order chi connectivity index (χ0) is 15.1. The quantitative estimate of drug-likeness (QED) is 0.837. The maximum absolute atomic E-state index is 12.8. The molecule has 4 heteroatoms. The first-order valence-corrected chi connectivity index (χ1v) is 6.51. The van der Waals surface area contributed by atoms with Gasteiger partial charge in [-0.2, -0.15) is 10.5 Å². The number of hydrogen-bond acceptors (Lipinski definition) is 3. The van der Waals surface area contributed by atoms with Crippen LogP contribution in [-0.2, 0) is 0 Å². The van der Waals surface area contributed by atoms with Gasteiger partial charge in [-0.3, -0.25) is 0 Å². The number of nitrogens with zero attached hydrogens (tertiary/aromatic N) is 2. The van der Waals surface area contributed by atoms with Crippen LogP contribution in [-0.4, -0.2) is 6.61 Å². The summed E-state index contributed by atoms with van der Waals surface area (Å²) in [5.41, 5.74) is 1.43. The minimum absolute atomic E-state index is 0.293. The second-order valence-corrected chi connectivity index (χ2v) is 4.51. The van der Waals surface area contributed by atoms with E-state index < -0.39 is 0 Å². The molecule has 0 heterocycles. The number of hydrogen-bond donors (Lipinski definition) is 0. The third kappa shape index (κ3) is 4.06. The molecule has 0 saturated heterocycles. The summed E-state index contributed by atoms with van der Waals surface area (Å²) < 4.78 is 18.2. The van der Waals surface area contributed by atoms with Gasteiger partial charge in [0.25, 0.3) is 0 Å². The first-order chi connectivity index (χ1) is 10.2. The van der Waals surface area contributed by atoms with E-state index >= 15 is 0 Å². The predicted octanol–water partition coefficient (Wildman–Crippen LogP) is 3.77. The van der Waals surface area contributed by atoms with Crippen LogP contribution in [0.1, 0.15) is 23.5 Å². The SMILES string of the molecule is N#Cc1ccc(C(C#N)CCOc2ccc(F)cc2)cc1. The smallest absolute Gasteiger partial charge is 0.123 e. The third-order valence-corrected chi connectivity index (χ3v) is 3.09. The van der Waals surface area contributed by atoms with E-state index in [1.54, 1.807) is 36.4 Å². The van der Waals surface area contributed by atoms with Crippen LogP contribution in [0.15, 0.2) is 48.5 Å². The van der Waals surface area contributed by atoms with Gasteiger partial charge in [-0.15, -0.1) is 0 Å². The molecule has 0 aliphatic carbocycles. The lowest BCUT2D eigenvalue weighted by Crippen LogP contribution is -2.04. The Morgan fingerprint density at radius 3 is 2.24 bits per heavy atom. The molecule has 0 bridgehead atoms. The van der Waals surface area contributed by atoms with Crippen molar-refractivity contribution in [3.8, 4) is 17.9 Å². The molecule has 0 saturated carbocycles. The second-order valence-electron chi connectivity index (χ2n) is 4.51. The molecule has 0 N–H and O–H groups in total. The van der Waals surface area contributed by atoms with Crippen LogP contribution >= 0.6 is 0 Å². The van der Waals surface area contributed by atoms with Crippen LogP contribution < -0.4 is 4.74 Å². The molecule has 2 rings (SSSR count). The highest BCUT2D eigenvalue weighted by Crippen LogP contribution is 2.20. The molecule has 2 aromatic carbocycles. The lowest BCUT2D eigenvalue weighted by atomic mass is 9.97. The van der Waals surface area contributed by atoms with Crippen molar-refractivity contribution in [3.05, 3.63) is 65.5 Å². The number of nitriles is 2. The van der Waals surface area contributed by atoms with Crippen LogP contribution in [0.5, 0.6) is 5.75 Å². The van der Waals surface area contributed by atoms with E-state index in [9.17, 15) is 9.65 Å². The van der Waals surface area contributed by atoms with Gasteiger partial charge in [0.2, 0.25) is 0 Å². The molecule has 0 aliphatic rings. The second kappa shape index (κ2) is 7.07. The molecule has 0 aromatic heterocycles. The number of rotatable bonds is 5. The summed E-state index contributed by atoms with van der Waals surface area (Å²) in [6.07, 6.45) is 0.528. The lowest BCUT2D eigenvalue weighted by molar-refractivity contribution is 0.305. The van der Waals surface area contributed by atoms with Crippen LogP contribution in [0, 0.1) is 28.5 Å². The molecule has 2 aromatic rings. The number of ether oxygens (including phenoxy) is 1. The van der Waals surface area contributed by atoms with Crippen molar-refractivity contribution in [1.82, 2.24) is 0 Å². The van der Waals surface area contributed by atoms with Gasteiger partial charge in [0.05, 0.1) is 30.2 Å². The van der Waals surface area contributed by atoms with Crippen molar-refractivity contribution in [1.29, 1.82) is 10.5 Å². The van der Waals surface area contributed by atoms with Gasteiger partial charge in [0, 0.05) is 6.42 Å². The minimum atomic E-state index is -0.310. The highest BCUT2D eigenvalue weighted by atomic mass is 19.1. The standard InChI is InChI=1S/C17H13FN2O/c18-16-5-7-17(8-6-16)21-10-9-15(12-20)14-3-1-13(11-19)2-4-14/h1-8,15H,9-10H2. The van der Waals surface area contributed by atoms with Crippen molar-refractivity contribution in [2.24, 2.45) is 0 Å². The normalized spacial score (nSPS) is 11.2. The van der Waals surface area contributed by atoms with Crippen LogP contribution in [0.4, 0.5) is 4.39 Å². The first-order valence-electron chi connectivity index (χ1n) is 6.51. The van der Waals surface area contributed by atoms with E-state index in [0.29, 0.717) is 24.3 Å². The molecule has 0 aliphatic heterocycles. The Morgan fingerprint density at radius 2 is 1.67 bits per heavy atom. The Morgan fingerprint density at radius 1 is 1.00 bits per heavy atom. The van der Waals surface area contributed by atoms with Gasteiger partial charge in [0.1, 0.15) is 11.6 Å². The Bertz CT molecular complexity index is 666. The Kier molecular flexibility index (Phi) is 4.90. The van der Waals surface area contributed by atoms with Crippen LogP contribution in [0.2, 0.25) is 0 Å². The van der Waals surface area contributed by atoms with Crippen LogP contribution in [0.3, 0.4) is 0 Å². The average molecular weight is 280 g/mol. The molecule has 0 amide bonds. The fraction of sp³-hybridized carbons (Fsp3) is 0.176. The van der Waals surface area contributed by atoms with E-state index in [2.05, 4.69) is 6.07 Å². The zero-order valence-electron chi connectivity index (χ0n) is 11.3. The molecule has 0 fully saturated rings. The molecule has 1 unspecified atom stereocenters. The summed E-state index contributed by atoms with van der Waals surface area (Å²) in [5.74, 6) is -0.0269. The van der Waals surface area contributed by atoms with E-state index in [4.69, 9.17) is 10.00 Å². The van der Waals surface area contributed by atoms with E-state index in [1.807, 2.05) is 6.07 Å². The highest BCUT2D eigenvalue weighted by Gasteiger charge is 2.10. The van der Waals surface area contributed by atoms with Gasteiger partial charge in [-0.05, 0) is 42.0 Å². The molecule has 0 radical (unpaired) electrons. The summed E-state index contributed by atoms with van der Waals surface area (Å²) >= 11 is 0. The highest BCUT2D eigenvalue weighted by molar-refractivity contribution is 5.34. The van der Waals surface area contributed by atoms with E-state index in [-0.39, 0.29) is 11.7 Å². The first kappa shape index (κ1) is 14.6. The Hall–Kier alpha value is -2.85. The maximum atomic E-state index is 12.8. The zero-order valence-corrected chi connectivity index (χ0v) is 11.3. The summed E-state index contributed by atoms with van der Waals surface area (Å²) in [4.78, 5) is 0. The van der Waals surface area contributed by atoms with Crippen molar-refractivity contribution in [2.75, 3.05) is 6.61 Å². The minimum Gasteiger partial charge on any atom is -0.494 e. The predicted molar refractivity (Wildman–Crippen MR) is 76.0 cm³/mol. The lowest BCUT2D eigenvalue weighted by Gasteiger charge is -2.11. The van der Waals surface area contributed by atoms with E-state index in [0.717, 1.165) is 5.56 Å². The average Bonchev–Trinajstić information content (AvgIpc) is 2.53. The topological polar surface area (TPSA) is 56.8 Å². The fourth-order valence-electron chi connectivity index (χ4n) is 1.92. The largest absolute Gasteiger partial charge is 0.494 e. The summed E-state index contributed by atoms with van der Waals surface area (Å²) in [5, 5.41) is 18.0. The molecule has 3 nitrogen and oxygen atoms in total. The molecule has 0 spiro atoms. The molecular formula is C17H13FN2O. The van der Waals surface area contributed by atoms with Gasteiger partial charge in [-0.1, -0.05) is 12.1 Å². The summed E-state index contributed by atoms with van der Waals surface area (Å²) in [6.45, 7) is 0.365. The van der Waals surface area contributed by atoms with Gasteiger partial charge in [0.15, 0.2) is 0 Å². The molecule has 104 valence electrons. The van der Waals surface area contributed by atoms with E-state index in [1.165, 1.54) is 12.1 Å². The Balaban J connectivity index is 1.92. The van der Waals surface area contributed by atoms with Gasteiger partial charge >= 0.3 is 0 Å². The van der Waals surface area contributed by atoms with Gasteiger partial charge < -0.3 is 4.74 Å². The molecule has 21 heavy (non-hydrogen) atoms. The van der Waals surface area contributed by atoms with Crippen LogP contribution in [0.25, 0.3) is 0 Å². The fourth-order valence-corrected chi connectivity index (χ4v) is 1.92. The summed E-state index contributed by atoms with van der Waals surface area (Å²) in [7, 11) is 0. The molecule has 1 atom stereocenters. The monoisotopic (exact) mass is 280 g/mol. The van der Waals surface area contributed by atoms with Crippen molar-refractivity contribution in [3.63, 3.8) is 0 Å². The van der Waals surface area contributed by atoms with Crippen molar-refractivity contribution >= 4 is 0 Å². The maximum Gasteiger partial charge on any atom is 0.123 e. The third-order valence-electron chi connectivity index (χ3n) is 3.09. The number of halogens is 1. The number of benzene rings is 2.